The molecular weight excluding hydrogens is 255 g/mol. The Kier molecular flexibility index (Phi) is 3.06. The first-order chi connectivity index (χ1) is 9.72. The van der Waals surface area contributed by atoms with Gasteiger partial charge in [0, 0.05) is 6.42 Å². The molecule has 0 fully saturated rings. The van der Waals surface area contributed by atoms with E-state index < -0.39 is 5.82 Å². The van der Waals surface area contributed by atoms with Gasteiger partial charge in [0.05, 0.1) is 11.2 Å². The lowest BCUT2D eigenvalue weighted by Crippen LogP contribution is -2.24. The van der Waals surface area contributed by atoms with E-state index in [9.17, 15) is 9.18 Å². The van der Waals surface area contributed by atoms with Gasteiger partial charge in [-0.05, 0) is 24.3 Å². The lowest BCUT2D eigenvalue weighted by molar-refractivity contribution is 0.636. The van der Waals surface area contributed by atoms with E-state index in [4.69, 9.17) is 0 Å². The molecule has 3 nitrogen and oxygen atoms in total. The Labute approximate surface area is 115 Å². The summed E-state index contributed by atoms with van der Waals surface area (Å²) in [5.41, 5.74) is 0.738. The highest BCUT2D eigenvalue weighted by Gasteiger charge is 2.14. The number of nitrogens with zero attached hydrogens (tertiary/aromatic N) is 2. The van der Waals surface area contributed by atoms with E-state index in [0.717, 1.165) is 0 Å². The summed E-state index contributed by atoms with van der Waals surface area (Å²) in [7, 11) is 0. The molecular formula is C16H13FN2O. The van der Waals surface area contributed by atoms with E-state index in [1.807, 2.05) is 37.3 Å². The van der Waals surface area contributed by atoms with Gasteiger partial charge in [-0.2, -0.15) is 0 Å². The number of halogens is 1. The lowest BCUT2D eigenvalue weighted by atomic mass is 10.2. The quantitative estimate of drug-likeness (QED) is 0.716. The highest BCUT2D eigenvalue weighted by atomic mass is 19.1. The van der Waals surface area contributed by atoms with Crippen molar-refractivity contribution in [3.63, 3.8) is 0 Å². The second-order valence-electron chi connectivity index (χ2n) is 4.49. The molecule has 3 aromatic rings. The monoisotopic (exact) mass is 268 g/mol. The van der Waals surface area contributed by atoms with Crippen LogP contribution >= 0.6 is 0 Å². The number of fused-ring (bicyclic) bond motifs is 1. The molecule has 0 unspecified atom stereocenters. The summed E-state index contributed by atoms with van der Waals surface area (Å²) in [6.07, 6.45) is 0.594. The van der Waals surface area contributed by atoms with Gasteiger partial charge in [0.25, 0.3) is 5.56 Å². The van der Waals surface area contributed by atoms with Crippen LogP contribution in [0.2, 0.25) is 0 Å². The molecule has 0 saturated heterocycles. The Balaban J connectivity index is 2.45. The van der Waals surface area contributed by atoms with Gasteiger partial charge in [-0.3, -0.25) is 9.36 Å². The van der Waals surface area contributed by atoms with Gasteiger partial charge in [-0.1, -0.05) is 31.2 Å². The zero-order chi connectivity index (χ0) is 14.1. The number of rotatable bonds is 2. The fourth-order valence-corrected chi connectivity index (χ4v) is 2.32. The standard InChI is InChI=1S/C16H13FN2O/c1-2-14-18-13-10-6-9-12(17)15(13)16(20)19(14)11-7-4-3-5-8-11/h3-10H,2H2,1H3. The van der Waals surface area contributed by atoms with Crippen molar-refractivity contribution in [1.82, 2.24) is 9.55 Å². The zero-order valence-electron chi connectivity index (χ0n) is 11.0. The van der Waals surface area contributed by atoms with E-state index in [1.165, 1.54) is 10.6 Å². The van der Waals surface area contributed by atoms with Crippen LogP contribution in [0.3, 0.4) is 0 Å². The van der Waals surface area contributed by atoms with Gasteiger partial charge in [0.2, 0.25) is 0 Å². The summed E-state index contributed by atoms with van der Waals surface area (Å²) >= 11 is 0. The average Bonchev–Trinajstić information content (AvgIpc) is 2.47. The lowest BCUT2D eigenvalue weighted by Gasteiger charge is -2.12. The van der Waals surface area contributed by atoms with Crippen LogP contribution in [0.1, 0.15) is 12.7 Å². The number of hydrogen-bond donors (Lipinski definition) is 0. The first kappa shape index (κ1) is 12.5. The molecule has 0 aliphatic carbocycles. The van der Waals surface area contributed by atoms with Crippen LogP contribution in [-0.4, -0.2) is 9.55 Å². The molecule has 0 amide bonds. The van der Waals surface area contributed by atoms with Gasteiger partial charge in [-0.25, -0.2) is 9.37 Å². The fourth-order valence-electron chi connectivity index (χ4n) is 2.32. The van der Waals surface area contributed by atoms with Crippen molar-refractivity contribution in [2.75, 3.05) is 0 Å². The third-order valence-electron chi connectivity index (χ3n) is 3.25. The SMILES string of the molecule is CCc1nc2cccc(F)c2c(=O)n1-c1ccccc1. The zero-order valence-corrected chi connectivity index (χ0v) is 11.0. The normalized spacial score (nSPS) is 10.9. The smallest absolute Gasteiger partial charge is 0.268 e. The number of benzene rings is 2. The highest BCUT2D eigenvalue weighted by Crippen LogP contribution is 2.15. The van der Waals surface area contributed by atoms with Crippen molar-refractivity contribution < 1.29 is 4.39 Å². The molecule has 0 aliphatic heterocycles. The third kappa shape index (κ3) is 1.90. The average molecular weight is 268 g/mol. The van der Waals surface area contributed by atoms with Gasteiger partial charge in [0.15, 0.2) is 0 Å². The summed E-state index contributed by atoms with van der Waals surface area (Å²) in [4.78, 5) is 17.0. The van der Waals surface area contributed by atoms with Gasteiger partial charge >= 0.3 is 0 Å². The van der Waals surface area contributed by atoms with Crippen molar-refractivity contribution >= 4 is 10.9 Å². The van der Waals surface area contributed by atoms with Crippen molar-refractivity contribution in [2.24, 2.45) is 0 Å². The molecule has 100 valence electrons. The van der Waals surface area contributed by atoms with Gasteiger partial charge < -0.3 is 0 Å². The molecule has 2 aromatic carbocycles. The molecule has 3 rings (SSSR count). The van der Waals surface area contributed by atoms with Crippen LogP contribution in [-0.2, 0) is 6.42 Å². The molecule has 1 aromatic heterocycles. The molecule has 0 aliphatic rings. The van der Waals surface area contributed by atoms with Crippen LogP contribution in [0, 0.1) is 5.82 Å². The second-order valence-corrected chi connectivity index (χ2v) is 4.49. The van der Waals surface area contributed by atoms with Crippen molar-refractivity contribution in [1.29, 1.82) is 0 Å². The van der Waals surface area contributed by atoms with E-state index in [1.54, 1.807) is 12.1 Å². The predicted molar refractivity (Wildman–Crippen MR) is 76.7 cm³/mol. The molecule has 0 N–H and O–H groups in total. The molecule has 0 atom stereocenters. The number of hydrogen-bond acceptors (Lipinski definition) is 2. The maximum absolute atomic E-state index is 13.9. The maximum Gasteiger partial charge on any atom is 0.268 e. The Morgan fingerprint density at radius 1 is 1.10 bits per heavy atom. The predicted octanol–water partition coefficient (Wildman–Crippen LogP) is 3.09. The van der Waals surface area contributed by atoms with E-state index in [2.05, 4.69) is 4.98 Å². The summed E-state index contributed by atoms with van der Waals surface area (Å²) in [5, 5.41) is 0.0357. The molecule has 4 heteroatoms. The Hall–Kier alpha value is -2.49. The topological polar surface area (TPSA) is 34.9 Å². The van der Waals surface area contributed by atoms with Crippen molar-refractivity contribution in [3.8, 4) is 5.69 Å². The maximum atomic E-state index is 13.9. The fraction of sp³-hybridized carbons (Fsp3) is 0.125. The van der Waals surface area contributed by atoms with Gasteiger partial charge in [0.1, 0.15) is 17.0 Å². The van der Waals surface area contributed by atoms with E-state index >= 15 is 0 Å². The van der Waals surface area contributed by atoms with Crippen LogP contribution in [0.25, 0.3) is 16.6 Å². The van der Waals surface area contributed by atoms with Crippen molar-refractivity contribution in [3.05, 3.63) is 70.5 Å². The van der Waals surface area contributed by atoms with Gasteiger partial charge in [-0.15, -0.1) is 0 Å². The largest absolute Gasteiger partial charge is 0.268 e. The summed E-state index contributed by atoms with van der Waals surface area (Å²) in [5.74, 6) is 0.0895. The first-order valence-corrected chi connectivity index (χ1v) is 6.48. The Bertz CT molecular complexity index is 825. The number of aromatic nitrogens is 2. The van der Waals surface area contributed by atoms with Crippen molar-refractivity contribution in [2.45, 2.75) is 13.3 Å². The van der Waals surface area contributed by atoms with Crippen LogP contribution in [0.5, 0.6) is 0 Å². The summed E-state index contributed by atoms with van der Waals surface area (Å²) < 4.78 is 15.4. The Morgan fingerprint density at radius 3 is 2.55 bits per heavy atom. The van der Waals surface area contributed by atoms with E-state index in [0.29, 0.717) is 23.4 Å². The molecule has 0 bridgehead atoms. The van der Waals surface area contributed by atoms with Crippen LogP contribution in [0.4, 0.5) is 4.39 Å². The van der Waals surface area contributed by atoms with E-state index in [-0.39, 0.29) is 10.9 Å². The van der Waals surface area contributed by atoms with Crippen LogP contribution < -0.4 is 5.56 Å². The minimum Gasteiger partial charge on any atom is -0.268 e. The second kappa shape index (κ2) is 4.89. The molecule has 20 heavy (non-hydrogen) atoms. The first-order valence-electron chi connectivity index (χ1n) is 6.48. The summed E-state index contributed by atoms with van der Waals surface area (Å²) in [6.45, 7) is 1.92. The number of aryl methyl sites for hydroxylation is 1. The Morgan fingerprint density at radius 2 is 1.85 bits per heavy atom. The van der Waals surface area contributed by atoms with Crippen LogP contribution in [0.15, 0.2) is 53.3 Å². The molecule has 0 spiro atoms. The summed E-state index contributed by atoms with van der Waals surface area (Å²) in [6, 6.07) is 13.7. The third-order valence-corrected chi connectivity index (χ3v) is 3.25. The minimum atomic E-state index is -0.535. The molecule has 0 radical (unpaired) electrons. The minimum absolute atomic E-state index is 0.0357. The number of para-hydroxylation sites is 1. The highest BCUT2D eigenvalue weighted by molar-refractivity contribution is 5.78. The molecule has 0 saturated carbocycles. The molecule has 1 heterocycles.